The summed E-state index contributed by atoms with van der Waals surface area (Å²) < 4.78 is 0. The van der Waals surface area contributed by atoms with Gasteiger partial charge in [0.15, 0.2) is 0 Å². The molecule has 3 unspecified atom stereocenters. The fraction of sp³-hybridized carbons (Fsp3) is 0.571. The largest absolute Gasteiger partial charge is 0.392 e. The summed E-state index contributed by atoms with van der Waals surface area (Å²) >= 11 is 5.86. The Morgan fingerprint density at radius 1 is 1.29 bits per heavy atom. The Kier molecular flexibility index (Phi) is 5.96. The van der Waals surface area contributed by atoms with Crippen LogP contribution in [-0.4, -0.2) is 17.8 Å². The Labute approximate surface area is 109 Å². The second kappa shape index (κ2) is 7.00. The maximum Gasteiger partial charge on any atom is 0.0646 e. The normalized spacial score (nSPS) is 16.5. The van der Waals surface area contributed by atoms with E-state index in [1.807, 2.05) is 24.3 Å². The van der Waals surface area contributed by atoms with E-state index in [0.717, 1.165) is 18.4 Å². The van der Waals surface area contributed by atoms with Crippen LogP contribution in [0.25, 0.3) is 0 Å². The van der Waals surface area contributed by atoms with Crippen molar-refractivity contribution in [1.82, 2.24) is 0 Å². The molecule has 0 spiro atoms. The summed E-state index contributed by atoms with van der Waals surface area (Å²) in [5, 5.41) is 11.0. The van der Waals surface area contributed by atoms with Crippen molar-refractivity contribution in [2.45, 2.75) is 38.7 Å². The maximum absolute atomic E-state index is 10.3. The van der Waals surface area contributed by atoms with E-state index in [1.165, 1.54) is 0 Å². The van der Waals surface area contributed by atoms with Crippen LogP contribution in [0.5, 0.6) is 0 Å². The van der Waals surface area contributed by atoms with Gasteiger partial charge in [0.05, 0.1) is 6.10 Å². The van der Waals surface area contributed by atoms with E-state index in [1.54, 1.807) is 0 Å². The Hall–Kier alpha value is -0.570. The lowest BCUT2D eigenvalue weighted by Crippen LogP contribution is -2.31. The molecule has 2 nitrogen and oxygen atoms in total. The highest BCUT2D eigenvalue weighted by atomic mass is 35.5. The molecule has 1 rings (SSSR count). The van der Waals surface area contributed by atoms with Crippen molar-refractivity contribution in [2.24, 2.45) is 11.7 Å². The summed E-state index contributed by atoms with van der Waals surface area (Å²) in [4.78, 5) is 0. The molecule has 0 aromatic heterocycles. The molecule has 0 radical (unpaired) electrons. The molecule has 17 heavy (non-hydrogen) atoms. The van der Waals surface area contributed by atoms with E-state index in [2.05, 4.69) is 13.8 Å². The second-order valence-corrected chi connectivity index (χ2v) is 5.09. The molecule has 3 atom stereocenters. The Morgan fingerprint density at radius 3 is 2.35 bits per heavy atom. The lowest BCUT2D eigenvalue weighted by Gasteiger charge is -2.27. The van der Waals surface area contributed by atoms with Gasteiger partial charge in [0, 0.05) is 17.5 Å². The molecule has 1 aromatic rings. The van der Waals surface area contributed by atoms with Crippen LogP contribution in [0.1, 0.15) is 38.2 Å². The summed E-state index contributed by atoms with van der Waals surface area (Å²) in [7, 11) is 0. The van der Waals surface area contributed by atoms with Gasteiger partial charge in [0.2, 0.25) is 0 Å². The zero-order chi connectivity index (χ0) is 12.8. The van der Waals surface area contributed by atoms with Gasteiger partial charge in [0.1, 0.15) is 0 Å². The van der Waals surface area contributed by atoms with Gasteiger partial charge in [-0.05, 0) is 30.0 Å². The Bertz CT molecular complexity index is 325. The van der Waals surface area contributed by atoms with Gasteiger partial charge in [-0.3, -0.25) is 0 Å². The van der Waals surface area contributed by atoms with Crippen LogP contribution < -0.4 is 5.73 Å². The first-order valence-electron chi connectivity index (χ1n) is 6.23. The van der Waals surface area contributed by atoms with Crippen LogP contribution in [0.4, 0.5) is 0 Å². The molecular weight excluding hydrogens is 234 g/mol. The van der Waals surface area contributed by atoms with E-state index in [-0.39, 0.29) is 17.9 Å². The van der Waals surface area contributed by atoms with Crippen molar-refractivity contribution in [2.75, 3.05) is 6.54 Å². The molecule has 0 aliphatic carbocycles. The molecule has 0 bridgehead atoms. The lowest BCUT2D eigenvalue weighted by atomic mass is 9.85. The topological polar surface area (TPSA) is 46.2 Å². The first-order chi connectivity index (χ1) is 8.10. The van der Waals surface area contributed by atoms with Crippen LogP contribution in [0.3, 0.4) is 0 Å². The predicted octanol–water partition coefficient (Wildman–Crippen LogP) is 3.18. The Morgan fingerprint density at radius 2 is 1.88 bits per heavy atom. The highest BCUT2D eigenvalue weighted by molar-refractivity contribution is 6.30. The number of hydrogen-bond acceptors (Lipinski definition) is 2. The molecule has 3 heteroatoms. The molecule has 0 fully saturated rings. The molecule has 0 aliphatic heterocycles. The molecule has 1 aromatic carbocycles. The number of aliphatic hydroxyl groups excluding tert-OH is 1. The number of benzene rings is 1. The quantitative estimate of drug-likeness (QED) is 0.820. The summed E-state index contributed by atoms with van der Waals surface area (Å²) in [6.07, 6.45) is 1.71. The number of hydrogen-bond donors (Lipinski definition) is 2. The van der Waals surface area contributed by atoms with Crippen molar-refractivity contribution in [3.05, 3.63) is 34.9 Å². The summed E-state index contributed by atoms with van der Waals surface area (Å²) in [5.74, 6) is 0.262. The van der Waals surface area contributed by atoms with Gasteiger partial charge >= 0.3 is 0 Å². The van der Waals surface area contributed by atoms with Crippen LogP contribution in [-0.2, 0) is 0 Å². The minimum absolute atomic E-state index is 0.00573. The molecular formula is C14H22ClNO. The summed E-state index contributed by atoms with van der Waals surface area (Å²) in [6.45, 7) is 4.66. The third-order valence-electron chi connectivity index (χ3n) is 3.29. The predicted molar refractivity (Wildman–Crippen MR) is 73.3 cm³/mol. The van der Waals surface area contributed by atoms with Gasteiger partial charge in [-0.15, -0.1) is 0 Å². The monoisotopic (exact) mass is 255 g/mol. The Balaban J connectivity index is 2.79. The van der Waals surface area contributed by atoms with Crippen molar-refractivity contribution in [1.29, 1.82) is 0 Å². The molecule has 0 aliphatic rings. The maximum atomic E-state index is 10.3. The summed E-state index contributed by atoms with van der Waals surface area (Å²) in [6, 6.07) is 7.58. The van der Waals surface area contributed by atoms with Crippen molar-refractivity contribution in [3.63, 3.8) is 0 Å². The van der Waals surface area contributed by atoms with Crippen LogP contribution in [0.15, 0.2) is 24.3 Å². The third kappa shape index (κ3) is 3.98. The highest BCUT2D eigenvalue weighted by Crippen LogP contribution is 2.26. The minimum atomic E-state index is -0.388. The number of aliphatic hydroxyl groups is 1. The molecule has 3 N–H and O–H groups in total. The van der Waals surface area contributed by atoms with E-state index in [9.17, 15) is 5.11 Å². The van der Waals surface area contributed by atoms with E-state index < -0.39 is 0 Å². The highest BCUT2D eigenvalue weighted by Gasteiger charge is 2.24. The smallest absolute Gasteiger partial charge is 0.0646 e. The van der Waals surface area contributed by atoms with Crippen LogP contribution in [0, 0.1) is 5.92 Å². The number of halogens is 1. The average molecular weight is 256 g/mol. The fourth-order valence-electron chi connectivity index (χ4n) is 2.21. The number of rotatable bonds is 6. The molecule has 0 heterocycles. The molecule has 0 saturated carbocycles. The molecule has 96 valence electrons. The average Bonchev–Trinajstić information content (AvgIpc) is 2.32. The van der Waals surface area contributed by atoms with Gasteiger partial charge < -0.3 is 10.8 Å². The zero-order valence-corrected chi connectivity index (χ0v) is 11.3. The minimum Gasteiger partial charge on any atom is -0.392 e. The molecule has 0 saturated heterocycles. The van der Waals surface area contributed by atoms with Gasteiger partial charge in [0.25, 0.3) is 0 Å². The molecule has 0 amide bonds. The van der Waals surface area contributed by atoms with E-state index in [4.69, 9.17) is 17.3 Å². The van der Waals surface area contributed by atoms with Crippen molar-refractivity contribution in [3.8, 4) is 0 Å². The first-order valence-corrected chi connectivity index (χ1v) is 6.61. The number of nitrogens with two attached hydrogens (primary N) is 1. The fourth-order valence-corrected chi connectivity index (χ4v) is 2.33. The first kappa shape index (κ1) is 14.5. The second-order valence-electron chi connectivity index (χ2n) is 4.65. The van der Waals surface area contributed by atoms with Crippen LogP contribution in [0.2, 0.25) is 5.02 Å². The van der Waals surface area contributed by atoms with Crippen molar-refractivity contribution < 1.29 is 5.11 Å². The van der Waals surface area contributed by atoms with Crippen molar-refractivity contribution >= 4 is 11.6 Å². The van der Waals surface area contributed by atoms with Crippen LogP contribution >= 0.6 is 11.6 Å². The van der Waals surface area contributed by atoms with E-state index >= 15 is 0 Å². The van der Waals surface area contributed by atoms with E-state index in [0.29, 0.717) is 11.6 Å². The lowest BCUT2D eigenvalue weighted by molar-refractivity contribution is 0.0859. The third-order valence-corrected chi connectivity index (χ3v) is 3.54. The van der Waals surface area contributed by atoms with Gasteiger partial charge in [-0.1, -0.05) is 44.0 Å². The summed E-state index contributed by atoms with van der Waals surface area (Å²) in [5.41, 5.74) is 6.85. The zero-order valence-electron chi connectivity index (χ0n) is 10.6. The van der Waals surface area contributed by atoms with Gasteiger partial charge in [-0.25, -0.2) is 0 Å². The standard InChI is InChI=1S/C14H22ClNO/c1-3-4-10(2)14(17)13(9-16)11-5-7-12(15)8-6-11/h5-8,10,13-14,17H,3-4,9,16H2,1-2H3. The SMILES string of the molecule is CCCC(C)C(O)C(CN)c1ccc(Cl)cc1. The van der Waals surface area contributed by atoms with Gasteiger partial charge in [-0.2, -0.15) is 0 Å².